The lowest BCUT2D eigenvalue weighted by molar-refractivity contribution is -0.119. The number of carbonyl (C=O) groups excluding carboxylic acids is 1. The van der Waals surface area contributed by atoms with E-state index in [9.17, 15) is 4.79 Å². The van der Waals surface area contributed by atoms with Gasteiger partial charge in [-0.1, -0.05) is 29.3 Å². The smallest absolute Gasteiger partial charge is 0.251 e. The van der Waals surface area contributed by atoms with E-state index < -0.39 is 6.04 Å². The van der Waals surface area contributed by atoms with Crippen molar-refractivity contribution in [3.05, 3.63) is 58.1 Å². The number of halogens is 2. The molecule has 0 bridgehead atoms. The van der Waals surface area contributed by atoms with Gasteiger partial charge < -0.3 is 0 Å². The lowest BCUT2D eigenvalue weighted by Gasteiger charge is -2.10. The van der Waals surface area contributed by atoms with Crippen LogP contribution in [0.2, 0.25) is 10.0 Å². The Bertz CT molecular complexity index is 883. The number of amides is 1. The molecule has 0 aliphatic carbocycles. The van der Waals surface area contributed by atoms with Crippen molar-refractivity contribution in [2.24, 2.45) is 0 Å². The summed E-state index contributed by atoms with van der Waals surface area (Å²) in [6.45, 7) is 4.02. The van der Waals surface area contributed by atoms with Crippen molar-refractivity contribution in [3.63, 3.8) is 0 Å². The molecule has 0 fully saturated rings. The molecule has 9 heteroatoms. The Hall–Kier alpha value is -2.38. The fraction of sp³-hybridized carbons (Fsp3) is 0.250. The van der Waals surface area contributed by atoms with E-state index in [1.807, 2.05) is 6.92 Å². The van der Waals surface area contributed by atoms with E-state index in [1.165, 1.54) is 6.33 Å². The maximum atomic E-state index is 12.3. The average molecular weight is 379 g/mol. The summed E-state index contributed by atoms with van der Waals surface area (Å²) < 4.78 is 3.15. The first-order valence-electron chi connectivity index (χ1n) is 7.58. The van der Waals surface area contributed by atoms with Crippen LogP contribution in [0.5, 0.6) is 0 Å². The second kappa shape index (κ2) is 7.25. The highest BCUT2D eigenvalue weighted by Crippen LogP contribution is 2.24. The Kier molecular flexibility index (Phi) is 5.06. The number of nitrogens with zero attached hydrogens (tertiary/aromatic N) is 5. The molecule has 0 aliphatic rings. The molecule has 1 unspecified atom stereocenters. The van der Waals surface area contributed by atoms with Crippen molar-refractivity contribution >= 4 is 35.1 Å². The second-order valence-electron chi connectivity index (χ2n) is 5.63. The summed E-state index contributed by atoms with van der Waals surface area (Å²) in [6.07, 6.45) is 5.01. The number of hydrogen-bond acceptors (Lipinski definition) is 4. The lowest BCUT2D eigenvalue weighted by Crippen LogP contribution is -2.24. The van der Waals surface area contributed by atoms with Crippen molar-refractivity contribution in [3.8, 4) is 0 Å². The van der Waals surface area contributed by atoms with Gasteiger partial charge in [0.15, 0.2) is 0 Å². The van der Waals surface area contributed by atoms with Crippen molar-refractivity contribution < 1.29 is 4.79 Å². The number of anilines is 1. The van der Waals surface area contributed by atoms with Crippen LogP contribution in [0.25, 0.3) is 0 Å². The Morgan fingerprint density at radius 2 is 2.04 bits per heavy atom. The van der Waals surface area contributed by atoms with Crippen molar-refractivity contribution in [2.45, 2.75) is 26.4 Å². The van der Waals surface area contributed by atoms with Crippen LogP contribution in [-0.4, -0.2) is 30.5 Å². The van der Waals surface area contributed by atoms with Gasteiger partial charge in [0.25, 0.3) is 5.91 Å². The monoisotopic (exact) mass is 378 g/mol. The van der Waals surface area contributed by atoms with Crippen molar-refractivity contribution in [1.29, 1.82) is 0 Å². The molecule has 0 aliphatic heterocycles. The van der Waals surface area contributed by atoms with E-state index in [0.29, 0.717) is 16.6 Å². The number of aromatic nitrogens is 5. The molecule has 1 atom stereocenters. The summed E-state index contributed by atoms with van der Waals surface area (Å²) in [6, 6.07) is 4.82. The predicted octanol–water partition coefficient (Wildman–Crippen LogP) is 3.34. The molecular formula is C16H16Cl2N6O. The fourth-order valence-electron chi connectivity index (χ4n) is 2.25. The molecule has 2 heterocycles. The third kappa shape index (κ3) is 4.00. The zero-order valence-corrected chi connectivity index (χ0v) is 15.2. The molecule has 1 aromatic carbocycles. The average Bonchev–Trinajstić information content (AvgIpc) is 3.19. The van der Waals surface area contributed by atoms with Gasteiger partial charge in [-0.25, -0.2) is 9.67 Å². The Balaban J connectivity index is 1.68. The van der Waals surface area contributed by atoms with Crippen molar-refractivity contribution in [1.82, 2.24) is 24.5 Å². The number of nitrogens with one attached hydrogen (secondary N) is 1. The molecule has 0 saturated heterocycles. The van der Waals surface area contributed by atoms with Gasteiger partial charge in [0.05, 0.1) is 12.7 Å². The topological polar surface area (TPSA) is 77.6 Å². The van der Waals surface area contributed by atoms with E-state index in [1.54, 1.807) is 46.9 Å². The van der Waals surface area contributed by atoms with Gasteiger partial charge in [0.1, 0.15) is 12.4 Å². The van der Waals surface area contributed by atoms with Crippen molar-refractivity contribution in [2.75, 3.05) is 5.32 Å². The molecule has 7 nitrogen and oxygen atoms in total. The molecule has 2 aromatic heterocycles. The summed E-state index contributed by atoms with van der Waals surface area (Å²) in [5, 5.41) is 12.2. The van der Waals surface area contributed by atoms with Crippen LogP contribution in [0.15, 0.2) is 36.9 Å². The van der Waals surface area contributed by atoms with E-state index in [-0.39, 0.29) is 11.9 Å². The molecule has 3 aromatic rings. The molecule has 25 heavy (non-hydrogen) atoms. The molecular weight excluding hydrogens is 363 g/mol. The first-order chi connectivity index (χ1) is 11.9. The van der Waals surface area contributed by atoms with Gasteiger partial charge in [-0.05, 0) is 31.5 Å². The number of carbonyl (C=O) groups is 1. The molecule has 0 spiro atoms. The maximum Gasteiger partial charge on any atom is 0.251 e. The van der Waals surface area contributed by atoms with E-state index in [0.717, 1.165) is 11.1 Å². The summed E-state index contributed by atoms with van der Waals surface area (Å²) in [5.74, 6) is -0.0412. The summed E-state index contributed by atoms with van der Waals surface area (Å²) in [4.78, 5) is 16.4. The number of hydrogen-bond donors (Lipinski definition) is 1. The third-order valence-electron chi connectivity index (χ3n) is 3.66. The Labute approximate surface area is 154 Å². The maximum absolute atomic E-state index is 12.3. The Morgan fingerprint density at radius 1 is 1.32 bits per heavy atom. The minimum absolute atomic E-state index is 0.212. The van der Waals surface area contributed by atoms with Crippen LogP contribution >= 0.6 is 23.2 Å². The van der Waals surface area contributed by atoms with Gasteiger partial charge in [-0.3, -0.25) is 14.8 Å². The molecule has 3 rings (SSSR count). The van der Waals surface area contributed by atoms with E-state index >= 15 is 0 Å². The summed E-state index contributed by atoms with van der Waals surface area (Å²) in [5.41, 5.74) is 1.73. The highest BCUT2D eigenvalue weighted by atomic mass is 35.5. The first kappa shape index (κ1) is 17.4. The number of benzene rings is 1. The SMILES string of the molecule is Cc1cnn(C(C)C(=O)Nc2ncn(Cc3c(Cl)cccc3Cl)n2)c1. The minimum atomic E-state index is -0.473. The molecule has 130 valence electrons. The first-order valence-corrected chi connectivity index (χ1v) is 8.33. The van der Waals surface area contributed by atoms with Gasteiger partial charge in [-0.15, -0.1) is 5.10 Å². The quantitative estimate of drug-likeness (QED) is 0.738. The number of aryl methyl sites for hydroxylation is 1. The minimum Gasteiger partial charge on any atom is -0.291 e. The van der Waals surface area contributed by atoms with Gasteiger partial charge in [0, 0.05) is 21.8 Å². The Morgan fingerprint density at radius 3 is 2.68 bits per heavy atom. The number of rotatable bonds is 5. The zero-order valence-electron chi connectivity index (χ0n) is 13.6. The van der Waals surface area contributed by atoms with Crippen LogP contribution < -0.4 is 5.32 Å². The molecule has 1 N–H and O–H groups in total. The predicted molar refractivity (Wildman–Crippen MR) is 95.9 cm³/mol. The largest absolute Gasteiger partial charge is 0.291 e. The van der Waals surface area contributed by atoms with Gasteiger partial charge in [-0.2, -0.15) is 5.10 Å². The summed E-state index contributed by atoms with van der Waals surface area (Å²) in [7, 11) is 0. The molecule has 0 saturated carbocycles. The zero-order chi connectivity index (χ0) is 18.0. The van der Waals surface area contributed by atoms with Gasteiger partial charge in [0.2, 0.25) is 5.95 Å². The third-order valence-corrected chi connectivity index (χ3v) is 4.37. The highest BCUT2D eigenvalue weighted by molar-refractivity contribution is 6.35. The van der Waals surface area contributed by atoms with Crippen LogP contribution in [-0.2, 0) is 11.3 Å². The van der Waals surface area contributed by atoms with Crippen LogP contribution in [0.1, 0.15) is 24.1 Å². The molecule has 1 amide bonds. The standard InChI is InChI=1S/C16H16Cl2N6O/c1-10-6-20-24(7-10)11(2)15(25)21-16-19-9-23(22-16)8-12-13(17)4-3-5-14(12)18/h3-7,9,11H,8H2,1-2H3,(H,21,22,25). The normalized spacial score (nSPS) is 12.2. The highest BCUT2D eigenvalue weighted by Gasteiger charge is 2.17. The van der Waals surface area contributed by atoms with Crippen LogP contribution in [0.4, 0.5) is 5.95 Å². The van der Waals surface area contributed by atoms with Crippen LogP contribution in [0.3, 0.4) is 0 Å². The van der Waals surface area contributed by atoms with Gasteiger partial charge >= 0.3 is 0 Å². The fourth-order valence-corrected chi connectivity index (χ4v) is 2.77. The van der Waals surface area contributed by atoms with E-state index in [4.69, 9.17) is 23.2 Å². The second-order valence-corrected chi connectivity index (χ2v) is 6.44. The van der Waals surface area contributed by atoms with E-state index in [2.05, 4.69) is 20.5 Å². The lowest BCUT2D eigenvalue weighted by atomic mass is 10.2. The summed E-state index contributed by atoms with van der Waals surface area (Å²) >= 11 is 12.3. The molecule has 0 radical (unpaired) electrons. The van der Waals surface area contributed by atoms with Crippen LogP contribution in [0, 0.1) is 6.92 Å².